The molecule has 1 N–H and O–H groups in total. The second kappa shape index (κ2) is 6.07. The number of pyridine rings is 1. The van der Waals surface area contributed by atoms with Crippen LogP contribution in [0.1, 0.15) is 40.0 Å². The van der Waals surface area contributed by atoms with Crippen LogP contribution in [-0.2, 0) is 0 Å². The van der Waals surface area contributed by atoms with Gasteiger partial charge in [0, 0.05) is 12.1 Å². The maximum Gasteiger partial charge on any atom is 0.215 e. The fourth-order valence-electron chi connectivity index (χ4n) is 2.70. The minimum atomic E-state index is 0.540. The minimum Gasteiger partial charge on any atom is -0.478 e. The van der Waals surface area contributed by atoms with Crippen molar-refractivity contribution in [3.05, 3.63) is 18.2 Å². The molecule has 1 fully saturated rings. The Balaban J connectivity index is 2.01. The van der Waals surface area contributed by atoms with Crippen LogP contribution in [0.15, 0.2) is 18.2 Å². The molecule has 1 heterocycles. The van der Waals surface area contributed by atoms with Crippen molar-refractivity contribution in [2.45, 2.75) is 46.1 Å². The number of rotatable bonds is 4. The summed E-state index contributed by atoms with van der Waals surface area (Å²) in [5.74, 6) is 3.15. The Labute approximate surface area is 110 Å². The Morgan fingerprint density at radius 3 is 2.94 bits per heavy atom. The lowest BCUT2D eigenvalue weighted by molar-refractivity contribution is 0.252. The molecule has 0 spiro atoms. The monoisotopic (exact) mass is 248 g/mol. The number of ether oxygens (including phenoxy) is 1. The smallest absolute Gasteiger partial charge is 0.215 e. The lowest BCUT2D eigenvalue weighted by Gasteiger charge is -2.34. The van der Waals surface area contributed by atoms with E-state index in [0.29, 0.717) is 24.4 Å². The molecular formula is C15H24N2O. The molecule has 1 aliphatic rings. The zero-order valence-electron chi connectivity index (χ0n) is 11.6. The highest BCUT2D eigenvalue weighted by molar-refractivity contribution is 5.38. The van der Waals surface area contributed by atoms with Gasteiger partial charge in [-0.2, -0.15) is 4.98 Å². The molecule has 0 aromatic carbocycles. The number of aromatic nitrogens is 1. The third kappa shape index (κ3) is 3.15. The summed E-state index contributed by atoms with van der Waals surface area (Å²) in [7, 11) is 0. The fourth-order valence-corrected chi connectivity index (χ4v) is 2.70. The van der Waals surface area contributed by atoms with Gasteiger partial charge in [-0.3, -0.25) is 0 Å². The fraction of sp³-hybridized carbons (Fsp3) is 0.667. The van der Waals surface area contributed by atoms with Gasteiger partial charge >= 0.3 is 0 Å². The van der Waals surface area contributed by atoms with E-state index in [9.17, 15) is 0 Å². The molecule has 2 rings (SSSR count). The average molecular weight is 248 g/mol. The number of hydrogen-bond donors (Lipinski definition) is 1. The first-order valence-electron chi connectivity index (χ1n) is 7.07. The van der Waals surface area contributed by atoms with E-state index in [1.807, 2.05) is 25.1 Å². The molecule has 1 aromatic rings. The van der Waals surface area contributed by atoms with Crippen LogP contribution < -0.4 is 10.1 Å². The standard InChI is InChI=1S/C15H24N2O/c1-4-18-15-10-6-9-14(17-15)16-13-8-5-7-11(2)12(13)3/h6,9-13H,4-5,7-8H2,1-3H3,(H,16,17). The molecule has 3 unspecified atom stereocenters. The van der Waals surface area contributed by atoms with E-state index in [-0.39, 0.29) is 0 Å². The summed E-state index contributed by atoms with van der Waals surface area (Å²) in [5.41, 5.74) is 0. The largest absolute Gasteiger partial charge is 0.478 e. The lowest BCUT2D eigenvalue weighted by atomic mass is 9.78. The molecular weight excluding hydrogens is 224 g/mol. The highest BCUT2D eigenvalue weighted by Crippen LogP contribution is 2.31. The van der Waals surface area contributed by atoms with Gasteiger partial charge in [0.15, 0.2) is 0 Å². The molecule has 3 heteroatoms. The summed E-state index contributed by atoms with van der Waals surface area (Å²) in [5, 5.41) is 3.57. The van der Waals surface area contributed by atoms with Gasteiger partial charge in [0.05, 0.1) is 6.61 Å². The van der Waals surface area contributed by atoms with Gasteiger partial charge in [0.25, 0.3) is 0 Å². The summed E-state index contributed by atoms with van der Waals surface area (Å²) < 4.78 is 5.43. The normalized spacial score (nSPS) is 27.8. The van der Waals surface area contributed by atoms with Crippen molar-refractivity contribution in [3.63, 3.8) is 0 Å². The van der Waals surface area contributed by atoms with E-state index in [0.717, 1.165) is 11.7 Å². The quantitative estimate of drug-likeness (QED) is 0.882. The Kier molecular flexibility index (Phi) is 4.45. The first-order chi connectivity index (χ1) is 8.70. The second-order valence-electron chi connectivity index (χ2n) is 5.31. The first kappa shape index (κ1) is 13.2. The summed E-state index contributed by atoms with van der Waals surface area (Å²) in [6.45, 7) is 7.33. The lowest BCUT2D eigenvalue weighted by Crippen LogP contribution is -2.35. The molecule has 0 bridgehead atoms. The minimum absolute atomic E-state index is 0.540. The van der Waals surface area contributed by atoms with E-state index >= 15 is 0 Å². The molecule has 1 aromatic heterocycles. The molecule has 0 aliphatic heterocycles. The van der Waals surface area contributed by atoms with Crippen molar-refractivity contribution >= 4 is 5.82 Å². The predicted molar refractivity (Wildman–Crippen MR) is 75.0 cm³/mol. The highest BCUT2D eigenvalue weighted by atomic mass is 16.5. The van der Waals surface area contributed by atoms with Crippen molar-refractivity contribution in [2.75, 3.05) is 11.9 Å². The molecule has 1 aliphatic carbocycles. The van der Waals surface area contributed by atoms with E-state index < -0.39 is 0 Å². The number of anilines is 1. The first-order valence-corrected chi connectivity index (χ1v) is 7.07. The molecule has 3 atom stereocenters. The van der Waals surface area contributed by atoms with Gasteiger partial charge < -0.3 is 10.1 Å². The molecule has 0 amide bonds. The number of nitrogens with one attached hydrogen (secondary N) is 1. The molecule has 0 saturated heterocycles. The van der Waals surface area contributed by atoms with E-state index in [1.54, 1.807) is 0 Å². The zero-order chi connectivity index (χ0) is 13.0. The molecule has 3 nitrogen and oxygen atoms in total. The molecule has 1 saturated carbocycles. The van der Waals surface area contributed by atoms with Crippen LogP contribution in [0.5, 0.6) is 5.88 Å². The Hall–Kier alpha value is -1.25. The molecule has 100 valence electrons. The summed E-state index contributed by atoms with van der Waals surface area (Å²) in [4.78, 5) is 4.48. The van der Waals surface area contributed by atoms with E-state index in [4.69, 9.17) is 4.74 Å². The Bertz CT molecular complexity index is 381. The van der Waals surface area contributed by atoms with Crippen LogP contribution in [-0.4, -0.2) is 17.6 Å². The topological polar surface area (TPSA) is 34.1 Å². The second-order valence-corrected chi connectivity index (χ2v) is 5.31. The van der Waals surface area contributed by atoms with Gasteiger partial charge in [0.2, 0.25) is 5.88 Å². The third-order valence-electron chi connectivity index (χ3n) is 4.06. The Morgan fingerprint density at radius 1 is 1.33 bits per heavy atom. The van der Waals surface area contributed by atoms with E-state index in [1.165, 1.54) is 19.3 Å². The van der Waals surface area contributed by atoms with Gasteiger partial charge in [-0.1, -0.05) is 32.8 Å². The molecule has 18 heavy (non-hydrogen) atoms. The van der Waals surface area contributed by atoms with E-state index in [2.05, 4.69) is 24.1 Å². The number of nitrogens with zero attached hydrogens (tertiary/aromatic N) is 1. The Morgan fingerprint density at radius 2 is 2.17 bits per heavy atom. The molecule has 0 radical (unpaired) electrons. The average Bonchev–Trinajstić information content (AvgIpc) is 2.36. The van der Waals surface area contributed by atoms with Crippen molar-refractivity contribution < 1.29 is 4.74 Å². The summed E-state index contributed by atoms with van der Waals surface area (Å²) >= 11 is 0. The maximum absolute atomic E-state index is 5.43. The van der Waals surface area contributed by atoms with Crippen molar-refractivity contribution in [1.82, 2.24) is 4.98 Å². The van der Waals surface area contributed by atoms with Crippen molar-refractivity contribution in [1.29, 1.82) is 0 Å². The van der Waals surface area contributed by atoms with Crippen molar-refractivity contribution in [2.24, 2.45) is 11.8 Å². The van der Waals surface area contributed by atoms with Crippen LogP contribution >= 0.6 is 0 Å². The summed E-state index contributed by atoms with van der Waals surface area (Å²) in [6, 6.07) is 6.46. The van der Waals surface area contributed by atoms with Crippen LogP contribution in [0.25, 0.3) is 0 Å². The SMILES string of the molecule is CCOc1cccc(NC2CCCC(C)C2C)n1. The van der Waals surface area contributed by atoms with Gasteiger partial charge in [0.1, 0.15) is 5.82 Å². The van der Waals surface area contributed by atoms with Crippen LogP contribution in [0.4, 0.5) is 5.82 Å². The predicted octanol–water partition coefficient (Wildman–Crippen LogP) is 3.72. The maximum atomic E-state index is 5.43. The third-order valence-corrected chi connectivity index (χ3v) is 4.06. The zero-order valence-corrected chi connectivity index (χ0v) is 11.6. The van der Waals surface area contributed by atoms with Gasteiger partial charge in [-0.05, 0) is 31.2 Å². The van der Waals surface area contributed by atoms with Gasteiger partial charge in [-0.15, -0.1) is 0 Å². The van der Waals surface area contributed by atoms with Crippen LogP contribution in [0.3, 0.4) is 0 Å². The highest BCUT2D eigenvalue weighted by Gasteiger charge is 2.27. The van der Waals surface area contributed by atoms with Crippen LogP contribution in [0.2, 0.25) is 0 Å². The summed E-state index contributed by atoms with van der Waals surface area (Å²) in [6.07, 6.45) is 3.91. The van der Waals surface area contributed by atoms with Crippen molar-refractivity contribution in [3.8, 4) is 5.88 Å². The number of hydrogen-bond acceptors (Lipinski definition) is 3. The van der Waals surface area contributed by atoms with Crippen LogP contribution in [0, 0.1) is 11.8 Å². The van der Waals surface area contributed by atoms with Gasteiger partial charge in [-0.25, -0.2) is 0 Å².